The van der Waals surface area contributed by atoms with Gasteiger partial charge in [0, 0.05) is 45.0 Å². The summed E-state index contributed by atoms with van der Waals surface area (Å²) in [6, 6.07) is 2.40. The van der Waals surface area contributed by atoms with Crippen molar-refractivity contribution in [3.05, 3.63) is 46.1 Å². The van der Waals surface area contributed by atoms with Crippen molar-refractivity contribution in [3.8, 4) is 11.1 Å². The lowest BCUT2D eigenvalue weighted by Crippen LogP contribution is -2.36. The zero-order valence-corrected chi connectivity index (χ0v) is 23.5. The molecule has 0 radical (unpaired) electrons. The van der Waals surface area contributed by atoms with Gasteiger partial charge in [-0.15, -0.1) is 0 Å². The molecule has 2 N–H and O–H groups in total. The molecular weight excluding hydrogens is 509 g/mol. The van der Waals surface area contributed by atoms with Crippen LogP contribution in [0, 0.1) is 17.5 Å². The summed E-state index contributed by atoms with van der Waals surface area (Å²) in [5.74, 6) is -4.60. The Balaban J connectivity index is 0.00000206. The van der Waals surface area contributed by atoms with E-state index in [2.05, 4.69) is 34.3 Å². The number of hydrogen-bond donors (Lipinski definition) is 2. The molecule has 2 heterocycles. The van der Waals surface area contributed by atoms with Crippen LogP contribution in [0.4, 0.5) is 24.8 Å². The Kier molecular flexibility index (Phi) is 9.71. The smallest absolute Gasteiger partial charge is 0.260 e. The van der Waals surface area contributed by atoms with Crippen LogP contribution in [0.2, 0.25) is 0 Å². The van der Waals surface area contributed by atoms with Crippen LogP contribution in [-0.2, 0) is 4.79 Å². The van der Waals surface area contributed by atoms with E-state index in [1.54, 1.807) is 13.8 Å². The van der Waals surface area contributed by atoms with Crippen molar-refractivity contribution in [2.45, 2.75) is 78.4 Å². The highest BCUT2D eigenvalue weighted by Gasteiger charge is 2.25. The molecule has 4 rings (SSSR count). The number of nitrogens with one attached hydrogen (secondary N) is 2. The molecule has 11 heteroatoms. The molecule has 2 aromatic heterocycles. The lowest BCUT2D eigenvalue weighted by molar-refractivity contribution is -0.114. The summed E-state index contributed by atoms with van der Waals surface area (Å²) in [4.78, 5) is 35.9. The molecule has 1 amide bonds. The fraction of sp³-hybridized carbons (Fsp3) is 0.500. The van der Waals surface area contributed by atoms with Gasteiger partial charge in [0.15, 0.2) is 17.5 Å². The molecule has 1 aromatic carbocycles. The summed E-state index contributed by atoms with van der Waals surface area (Å²) < 4.78 is 45.6. The lowest BCUT2D eigenvalue weighted by Gasteiger charge is -2.33. The summed E-state index contributed by atoms with van der Waals surface area (Å²) in [6.07, 6.45) is 5.54. The maximum atomic E-state index is 15.0. The molecule has 0 unspecified atom stereocenters. The average Bonchev–Trinajstić information content (AvgIpc) is 2.89. The summed E-state index contributed by atoms with van der Waals surface area (Å²) in [7, 11) is 4.16. The molecule has 0 atom stereocenters. The Hall–Kier alpha value is -3.47. The van der Waals surface area contributed by atoms with Gasteiger partial charge in [-0.2, -0.15) is 4.98 Å². The van der Waals surface area contributed by atoms with Crippen LogP contribution in [0.3, 0.4) is 0 Å². The minimum Gasteiger partial charge on any atom is -0.351 e. The van der Waals surface area contributed by atoms with E-state index in [1.165, 1.54) is 16.8 Å². The Morgan fingerprint density at radius 2 is 1.72 bits per heavy atom. The number of aromatic nitrogens is 3. The van der Waals surface area contributed by atoms with Crippen LogP contribution in [0.25, 0.3) is 22.2 Å². The summed E-state index contributed by atoms with van der Waals surface area (Å²) in [5.41, 5.74) is -2.01. The van der Waals surface area contributed by atoms with Gasteiger partial charge in [0.1, 0.15) is 11.3 Å². The van der Waals surface area contributed by atoms with Crippen molar-refractivity contribution in [3.63, 3.8) is 0 Å². The second-order valence-electron chi connectivity index (χ2n) is 10.0. The van der Waals surface area contributed by atoms with E-state index in [-0.39, 0.29) is 20.5 Å². The van der Waals surface area contributed by atoms with Crippen molar-refractivity contribution in [1.29, 1.82) is 0 Å². The van der Waals surface area contributed by atoms with Crippen LogP contribution in [0.15, 0.2) is 23.1 Å². The van der Waals surface area contributed by atoms with E-state index in [4.69, 9.17) is 0 Å². The number of pyridine rings is 1. The monoisotopic (exact) mass is 550 g/mol. The normalized spacial score (nSPS) is 17.2. The number of carbonyl (C=O) groups is 1. The fourth-order valence-electron chi connectivity index (χ4n) is 4.86. The van der Waals surface area contributed by atoms with E-state index in [0.717, 1.165) is 32.6 Å². The number of fused-ring (bicyclic) bond motifs is 1. The number of benzene rings is 1. The van der Waals surface area contributed by atoms with E-state index >= 15 is 4.39 Å². The third kappa shape index (κ3) is 6.41. The van der Waals surface area contributed by atoms with Crippen molar-refractivity contribution in [2.75, 3.05) is 24.7 Å². The van der Waals surface area contributed by atoms with Crippen LogP contribution >= 0.6 is 0 Å². The second-order valence-corrected chi connectivity index (χ2v) is 10.0. The fourth-order valence-corrected chi connectivity index (χ4v) is 4.86. The number of halogens is 3. The molecule has 0 aliphatic heterocycles. The minimum absolute atomic E-state index is 0. The minimum atomic E-state index is -1.58. The standard InChI is InChI=1S/C26H31F3N6O2.C2H6.2H2/c1-13(2)35-24-15(12-30-26(33-24)32-16-6-8-17(9-7-16)34(4)5)10-19(25(35)37)18-11-20(27)23(31-14(3)36)22(29)21(18)28;1-2;;/h10-13,16-17H,6-9H2,1-5H3,(H,31,36)(H,30,32,33);1-2H3;2*1H. The highest BCUT2D eigenvalue weighted by Crippen LogP contribution is 2.32. The van der Waals surface area contributed by atoms with Crippen LogP contribution in [-0.4, -0.2) is 51.5 Å². The molecule has 1 aliphatic carbocycles. The second kappa shape index (κ2) is 12.6. The molecule has 8 nitrogen and oxygen atoms in total. The van der Waals surface area contributed by atoms with Gasteiger partial charge in [-0.25, -0.2) is 18.2 Å². The molecule has 3 aromatic rings. The number of anilines is 2. The topological polar surface area (TPSA) is 92.2 Å². The molecule has 39 heavy (non-hydrogen) atoms. The first-order chi connectivity index (χ1) is 18.5. The number of carbonyl (C=O) groups excluding carboxylic acids is 1. The van der Waals surface area contributed by atoms with E-state index in [0.29, 0.717) is 29.1 Å². The molecule has 1 aliphatic rings. The van der Waals surface area contributed by atoms with Crippen molar-refractivity contribution >= 4 is 28.6 Å². The summed E-state index contributed by atoms with van der Waals surface area (Å²) >= 11 is 0. The van der Waals surface area contributed by atoms with Gasteiger partial charge in [-0.1, -0.05) is 13.8 Å². The van der Waals surface area contributed by atoms with Crippen molar-refractivity contribution in [1.82, 2.24) is 19.4 Å². The quantitative estimate of drug-likeness (QED) is 0.354. The third-order valence-electron chi connectivity index (χ3n) is 6.80. The van der Waals surface area contributed by atoms with E-state index in [9.17, 15) is 18.4 Å². The molecule has 1 saturated carbocycles. The Morgan fingerprint density at radius 3 is 2.28 bits per heavy atom. The lowest BCUT2D eigenvalue weighted by atomic mass is 9.91. The van der Waals surface area contributed by atoms with Crippen LogP contribution in [0.5, 0.6) is 0 Å². The predicted octanol–water partition coefficient (Wildman–Crippen LogP) is 6.22. The van der Waals surface area contributed by atoms with Gasteiger partial charge >= 0.3 is 0 Å². The molecule has 0 bridgehead atoms. The first-order valence-corrected chi connectivity index (χ1v) is 13.3. The number of rotatable bonds is 6. The largest absolute Gasteiger partial charge is 0.351 e. The number of hydrogen-bond acceptors (Lipinski definition) is 6. The van der Waals surface area contributed by atoms with Crippen LogP contribution in [0.1, 0.15) is 69.2 Å². The van der Waals surface area contributed by atoms with Crippen molar-refractivity contribution < 1.29 is 20.8 Å². The third-order valence-corrected chi connectivity index (χ3v) is 6.80. The summed E-state index contributed by atoms with van der Waals surface area (Å²) in [6.45, 7) is 8.58. The molecule has 1 fully saturated rings. The zero-order chi connectivity index (χ0) is 29.0. The highest BCUT2D eigenvalue weighted by atomic mass is 19.2. The van der Waals surface area contributed by atoms with Gasteiger partial charge in [-0.3, -0.25) is 14.2 Å². The average molecular weight is 551 g/mol. The van der Waals surface area contributed by atoms with E-state index < -0.39 is 40.2 Å². The SMILES string of the molecule is CC.CC(=O)Nc1c(F)cc(-c2cc3cnc(NC4CCC(N(C)C)CC4)nc3n(C(C)C)c2=O)c(F)c1F.[HH].[HH]. The van der Waals surface area contributed by atoms with Gasteiger partial charge in [0.05, 0.1) is 5.56 Å². The molecule has 0 spiro atoms. The number of amides is 1. The first-order valence-electron chi connectivity index (χ1n) is 13.3. The molecule has 0 saturated heterocycles. The van der Waals surface area contributed by atoms with Crippen molar-refractivity contribution in [2.24, 2.45) is 0 Å². The Labute approximate surface area is 229 Å². The van der Waals surface area contributed by atoms with Gasteiger partial charge in [0.25, 0.3) is 5.56 Å². The van der Waals surface area contributed by atoms with Gasteiger partial charge in [0.2, 0.25) is 11.9 Å². The predicted molar refractivity (Wildman–Crippen MR) is 153 cm³/mol. The molecular formula is C28H41F3N6O2. The maximum absolute atomic E-state index is 15.0. The van der Waals surface area contributed by atoms with Gasteiger partial charge in [-0.05, 0) is 65.8 Å². The summed E-state index contributed by atoms with van der Waals surface area (Å²) in [5, 5.41) is 5.71. The number of nitrogens with zero attached hydrogens (tertiary/aromatic N) is 4. The zero-order valence-electron chi connectivity index (χ0n) is 23.5. The van der Waals surface area contributed by atoms with E-state index in [1.807, 2.05) is 19.2 Å². The Bertz CT molecular complexity index is 1410. The first kappa shape index (κ1) is 30.1. The Morgan fingerprint density at radius 1 is 1.08 bits per heavy atom. The van der Waals surface area contributed by atoms with Crippen LogP contribution < -0.4 is 16.2 Å². The highest BCUT2D eigenvalue weighted by molar-refractivity contribution is 5.90. The van der Waals surface area contributed by atoms with Gasteiger partial charge < -0.3 is 15.5 Å². The molecule has 216 valence electrons. The maximum Gasteiger partial charge on any atom is 0.260 e.